The molecule has 4 nitrogen and oxygen atoms in total. The Kier molecular flexibility index (Phi) is 3.74. The highest BCUT2D eigenvalue weighted by molar-refractivity contribution is 6.11. The Morgan fingerprint density at radius 3 is 2.59 bits per heavy atom. The Morgan fingerprint density at radius 2 is 1.86 bits per heavy atom. The molecule has 1 heterocycles. The number of hydrogen-bond donors (Lipinski definition) is 0. The van der Waals surface area contributed by atoms with E-state index >= 15 is 0 Å². The molecule has 3 rings (SSSR count). The Labute approximate surface area is 128 Å². The van der Waals surface area contributed by atoms with Crippen LogP contribution in [0.1, 0.15) is 27.9 Å². The third-order valence-electron chi connectivity index (χ3n) is 3.42. The minimum atomic E-state index is -0.535. The lowest BCUT2D eigenvalue weighted by molar-refractivity contribution is -0.133. The first-order valence-corrected chi connectivity index (χ1v) is 6.86. The molecule has 0 atom stereocenters. The van der Waals surface area contributed by atoms with Gasteiger partial charge in [0.25, 0.3) is 0 Å². The average Bonchev–Trinajstić information content (AvgIpc) is 2.53. The van der Waals surface area contributed by atoms with Crippen molar-refractivity contribution in [2.45, 2.75) is 6.42 Å². The van der Waals surface area contributed by atoms with Gasteiger partial charge in [0.1, 0.15) is 17.9 Å². The molecular weight excluding hydrogens is 280 g/mol. The molecule has 22 heavy (non-hydrogen) atoms. The van der Waals surface area contributed by atoms with E-state index in [1.807, 2.05) is 42.5 Å². The zero-order chi connectivity index (χ0) is 15.5. The van der Waals surface area contributed by atoms with Gasteiger partial charge in [0.2, 0.25) is 0 Å². The van der Waals surface area contributed by atoms with Crippen LogP contribution >= 0.6 is 0 Å². The van der Waals surface area contributed by atoms with E-state index in [1.54, 1.807) is 12.1 Å². The van der Waals surface area contributed by atoms with Crippen LogP contribution in [-0.2, 0) is 4.79 Å². The Hall–Kier alpha value is -2.88. The number of methoxy groups -OCH3 is 1. The van der Waals surface area contributed by atoms with E-state index < -0.39 is 5.97 Å². The average molecular weight is 294 g/mol. The van der Waals surface area contributed by atoms with Crippen LogP contribution in [0.4, 0.5) is 0 Å². The van der Waals surface area contributed by atoms with Crippen LogP contribution in [0.15, 0.2) is 42.5 Å². The molecule has 2 aromatic rings. The van der Waals surface area contributed by atoms with Crippen molar-refractivity contribution < 1.29 is 19.1 Å². The quantitative estimate of drug-likeness (QED) is 0.377. The van der Waals surface area contributed by atoms with Crippen LogP contribution in [-0.4, -0.2) is 18.9 Å². The molecule has 1 aliphatic rings. The Morgan fingerprint density at radius 1 is 1.09 bits per heavy atom. The molecule has 0 amide bonds. The number of Topliss-reactive ketones (excluding diaryl/α,β-unsaturated/α-hetero) is 1. The van der Waals surface area contributed by atoms with Crippen molar-refractivity contribution in [2.75, 3.05) is 7.11 Å². The SMILES string of the molecule is COc1cc2c(cc1/C=C/c1ccccc1)C(=O)CC(=O)O2. The van der Waals surface area contributed by atoms with Crippen LogP contribution < -0.4 is 9.47 Å². The van der Waals surface area contributed by atoms with Gasteiger partial charge in [0.15, 0.2) is 5.78 Å². The second-order valence-corrected chi connectivity index (χ2v) is 4.91. The van der Waals surface area contributed by atoms with Crippen molar-refractivity contribution in [2.24, 2.45) is 0 Å². The fourth-order valence-electron chi connectivity index (χ4n) is 2.32. The predicted molar refractivity (Wildman–Crippen MR) is 82.9 cm³/mol. The van der Waals surface area contributed by atoms with Crippen LogP contribution in [0.25, 0.3) is 12.2 Å². The van der Waals surface area contributed by atoms with Crippen molar-refractivity contribution >= 4 is 23.9 Å². The number of fused-ring (bicyclic) bond motifs is 1. The molecule has 2 aromatic carbocycles. The number of rotatable bonds is 3. The normalized spacial score (nSPS) is 13.9. The topological polar surface area (TPSA) is 52.6 Å². The first-order valence-electron chi connectivity index (χ1n) is 6.86. The number of esters is 1. The summed E-state index contributed by atoms with van der Waals surface area (Å²) in [6, 6.07) is 13.1. The van der Waals surface area contributed by atoms with Gasteiger partial charge in [-0.25, -0.2) is 0 Å². The van der Waals surface area contributed by atoms with Gasteiger partial charge >= 0.3 is 5.97 Å². The van der Waals surface area contributed by atoms with Gasteiger partial charge in [-0.1, -0.05) is 42.5 Å². The van der Waals surface area contributed by atoms with Gasteiger partial charge in [-0.15, -0.1) is 0 Å². The largest absolute Gasteiger partial charge is 0.496 e. The first-order chi connectivity index (χ1) is 10.7. The second kappa shape index (κ2) is 5.85. The first kappa shape index (κ1) is 14.1. The number of carbonyl (C=O) groups excluding carboxylic acids is 2. The molecule has 0 bridgehead atoms. The van der Waals surface area contributed by atoms with Crippen LogP contribution in [0.5, 0.6) is 11.5 Å². The van der Waals surface area contributed by atoms with Gasteiger partial charge in [-0.3, -0.25) is 9.59 Å². The summed E-state index contributed by atoms with van der Waals surface area (Å²) in [6.07, 6.45) is 3.59. The maximum absolute atomic E-state index is 12.0. The van der Waals surface area contributed by atoms with Crippen LogP contribution in [0.2, 0.25) is 0 Å². The van der Waals surface area contributed by atoms with Crippen molar-refractivity contribution in [1.82, 2.24) is 0 Å². The molecular formula is C18H14O4. The molecule has 0 saturated heterocycles. The van der Waals surface area contributed by atoms with Crippen LogP contribution in [0, 0.1) is 0 Å². The van der Waals surface area contributed by atoms with Crippen molar-refractivity contribution in [3.05, 3.63) is 59.2 Å². The maximum Gasteiger partial charge on any atom is 0.319 e. The van der Waals surface area contributed by atoms with E-state index in [9.17, 15) is 9.59 Å². The van der Waals surface area contributed by atoms with Crippen molar-refractivity contribution in [1.29, 1.82) is 0 Å². The molecule has 0 spiro atoms. The monoisotopic (exact) mass is 294 g/mol. The summed E-state index contributed by atoms with van der Waals surface area (Å²) in [5.74, 6) is 0.0405. The molecule has 0 fully saturated rings. The lowest BCUT2D eigenvalue weighted by atomic mass is 10.00. The fraction of sp³-hybridized carbons (Fsp3) is 0.111. The minimum absolute atomic E-state index is 0.221. The molecule has 4 heteroatoms. The van der Waals surface area contributed by atoms with Crippen molar-refractivity contribution in [3.63, 3.8) is 0 Å². The van der Waals surface area contributed by atoms with Gasteiger partial charge in [0.05, 0.1) is 12.7 Å². The van der Waals surface area contributed by atoms with Gasteiger partial charge in [-0.05, 0) is 11.6 Å². The third kappa shape index (κ3) is 2.76. The van der Waals surface area contributed by atoms with Gasteiger partial charge < -0.3 is 9.47 Å². The summed E-state index contributed by atoms with van der Waals surface area (Å²) < 4.78 is 10.4. The van der Waals surface area contributed by atoms with E-state index in [4.69, 9.17) is 9.47 Å². The molecule has 0 N–H and O–H groups in total. The van der Waals surface area contributed by atoms with E-state index in [0.717, 1.165) is 11.1 Å². The summed E-state index contributed by atoms with van der Waals surface area (Å²) in [5, 5.41) is 0. The number of hydrogen-bond acceptors (Lipinski definition) is 4. The van der Waals surface area contributed by atoms with Crippen LogP contribution in [0.3, 0.4) is 0 Å². The number of ketones is 1. The van der Waals surface area contributed by atoms with E-state index in [1.165, 1.54) is 7.11 Å². The third-order valence-corrected chi connectivity index (χ3v) is 3.42. The molecule has 0 aromatic heterocycles. The molecule has 0 unspecified atom stereocenters. The minimum Gasteiger partial charge on any atom is -0.496 e. The summed E-state index contributed by atoms with van der Waals surface area (Å²) in [4.78, 5) is 23.3. The van der Waals surface area contributed by atoms with Gasteiger partial charge in [0, 0.05) is 11.6 Å². The Balaban J connectivity index is 2.01. The van der Waals surface area contributed by atoms with E-state index in [0.29, 0.717) is 11.3 Å². The standard InChI is InChI=1S/C18H14O4/c1-21-16-11-17-14(15(19)10-18(20)22-17)9-13(16)8-7-12-5-3-2-4-6-12/h2-9,11H,10H2,1H3/b8-7+. The molecule has 110 valence electrons. The molecule has 0 saturated carbocycles. The number of carbonyl (C=O) groups is 2. The van der Waals surface area contributed by atoms with E-state index in [2.05, 4.69) is 0 Å². The predicted octanol–water partition coefficient (Wildman–Crippen LogP) is 3.36. The van der Waals surface area contributed by atoms with Crippen molar-refractivity contribution in [3.8, 4) is 11.5 Å². The maximum atomic E-state index is 12.0. The zero-order valence-electron chi connectivity index (χ0n) is 12.0. The summed E-state index contributed by atoms with van der Waals surface area (Å²) in [5.41, 5.74) is 2.21. The molecule has 1 aliphatic heterocycles. The highest BCUT2D eigenvalue weighted by atomic mass is 16.5. The van der Waals surface area contributed by atoms with E-state index in [-0.39, 0.29) is 18.0 Å². The highest BCUT2D eigenvalue weighted by Crippen LogP contribution is 2.33. The molecule has 0 radical (unpaired) electrons. The second-order valence-electron chi connectivity index (χ2n) is 4.91. The molecule has 0 aliphatic carbocycles. The highest BCUT2D eigenvalue weighted by Gasteiger charge is 2.26. The lowest BCUT2D eigenvalue weighted by Gasteiger charge is -2.17. The fourth-order valence-corrected chi connectivity index (χ4v) is 2.32. The Bertz CT molecular complexity index is 760. The smallest absolute Gasteiger partial charge is 0.319 e. The summed E-state index contributed by atoms with van der Waals surface area (Å²) in [6.45, 7) is 0. The summed E-state index contributed by atoms with van der Waals surface area (Å²) in [7, 11) is 1.54. The zero-order valence-corrected chi connectivity index (χ0v) is 12.0. The summed E-state index contributed by atoms with van der Waals surface area (Å²) >= 11 is 0. The lowest BCUT2D eigenvalue weighted by Crippen LogP contribution is -2.21. The number of ether oxygens (including phenoxy) is 2. The number of benzene rings is 2. The van der Waals surface area contributed by atoms with Gasteiger partial charge in [-0.2, -0.15) is 0 Å².